The third-order valence-corrected chi connectivity index (χ3v) is 6.65. The summed E-state index contributed by atoms with van der Waals surface area (Å²) >= 11 is 1.38. The lowest BCUT2D eigenvalue weighted by Crippen LogP contribution is -2.50. The van der Waals surface area contributed by atoms with Crippen LogP contribution in [0.2, 0.25) is 0 Å². The fourth-order valence-electron chi connectivity index (χ4n) is 3.65. The summed E-state index contributed by atoms with van der Waals surface area (Å²) < 4.78 is 5.92. The van der Waals surface area contributed by atoms with E-state index in [0.29, 0.717) is 28.6 Å². The van der Waals surface area contributed by atoms with Crippen LogP contribution >= 0.6 is 11.3 Å². The number of amides is 2. The number of hydrogen-bond donors (Lipinski definition) is 1. The lowest BCUT2D eigenvalue weighted by atomic mass is 10.1. The molecule has 32 heavy (non-hydrogen) atoms. The number of ether oxygens (including phenoxy) is 1. The van der Waals surface area contributed by atoms with E-state index in [4.69, 9.17) is 4.74 Å². The van der Waals surface area contributed by atoms with Crippen LogP contribution in [0.25, 0.3) is 10.6 Å². The number of carbonyl (C=O) groups excluding carboxylic acids is 2. The van der Waals surface area contributed by atoms with Gasteiger partial charge in [0.25, 0.3) is 11.8 Å². The maximum Gasteiger partial charge on any atom is 0.270 e. The lowest BCUT2D eigenvalue weighted by Gasteiger charge is -2.34. The van der Waals surface area contributed by atoms with Crippen LogP contribution in [-0.2, 0) is 11.2 Å². The summed E-state index contributed by atoms with van der Waals surface area (Å²) in [6.45, 7) is 6.69. The number of rotatable bonds is 6. The first-order valence-electron chi connectivity index (χ1n) is 10.9. The number of nitrogens with zero attached hydrogens (tertiary/aromatic N) is 2. The Kier molecular flexibility index (Phi) is 6.55. The van der Waals surface area contributed by atoms with Gasteiger partial charge in [0.15, 0.2) is 6.10 Å². The van der Waals surface area contributed by atoms with E-state index in [-0.39, 0.29) is 18.4 Å². The van der Waals surface area contributed by atoms with Gasteiger partial charge in [0.05, 0.1) is 17.9 Å². The minimum Gasteiger partial charge on any atom is -0.477 e. The van der Waals surface area contributed by atoms with Crippen molar-refractivity contribution in [2.24, 2.45) is 0 Å². The van der Waals surface area contributed by atoms with Crippen LogP contribution in [0.3, 0.4) is 0 Å². The Morgan fingerprint density at radius 1 is 1.16 bits per heavy atom. The van der Waals surface area contributed by atoms with E-state index in [2.05, 4.69) is 29.4 Å². The summed E-state index contributed by atoms with van der Waals surface area (Å²) in [5.41, 5.74) is 3.61. The summed E-state index contributed by atoms with van der Waals surface area (Å²) in [5.74, 6) is 0.152. The molecule has 1 unspecified atom stereocenters. The first-order valence-corrected chi connectivity index (χ1v) is 11.8. The minimum absolute atomic E-state index is 0.156. The Balaban J connectivity index is 1.64. The predicted octanol–water partition coefficient (Wildman–Crippen LogP) is 4.61. The molecule has 1 N–H and O–H groups in total. The third kappa shape index (κ3) is 4.39. The quantitative estimate of drug-likeness (QED) is 0.596. The summed E-state index contributed by atoms with van der Waals surface area (Å²) in [6, 6.07) is 15.6. The van der Waals surface area contributed by atoms with Gasteiger partial charge < -0.3 is 10.1 Å². The van der Waals surface area contributed by atoms with E-state index >= 15 is 0 Å². The van der Waals surface area contributed by atoms with E-state index < -0.39 is 6.10 Å². The molecular weight excluding hydrogens is 422 g/mol. The van der Waals surface area contributed by atoms with Crippen molar-refractivity contribution < 1.29 is 14.3 Å². The molecule has 2 heterocycles. The molecule has 4 rings (SSSR count). The van der Waals surface area contributed by atoms with Gasteiger partial charge in [0, 0.05) is 12.1 Å². The third-order valence-electron chi connectivity index (χ3n) is 5.46. The van der Waals surface area contributed by atoms with E-state index in [1.807, 2.05) is 44.2 Å². The van der Waals surface area contributed by atoms with Gasteiger partial charge in [-0.05, 0) is 37.5 Å². The van der Waals surface area contributed by atoms with Crippen LogP contribution in [0, 0.1) is 6.92 Å². The minimum atomic E-state index is -0.755. The molecule has 0 spiro atoms. The zero-order chi connectivity index (χ0) is 22.7. The van der Waals surface area contributed by atoms with Gasteiger partial charge >= 0.3 is 0 Å². The number of benzene rings is 2. The first-order chi connectivity index (χ1) is 15.5. The molecule has 0 radical (unpaired) electrons. The molecule has 2 aromatic carbocycles. The van der Waals surface area contributed by atoms with Crippen molar-refractivity contribution in [2.75, 3.05) is 18.0 Å². The Bertz CT molecular complexity index is 1120. The molecule has 7 heteroatoms. The van der Waals surface area contributed by atoms with Crippen molar-refractivity contribution >= 4 is 28.8 Å². The number of thiazole rings is 1. The summed E-state index contributed by atoms with van der Waals surface area (Å²) in [5, 5.41) is 3.68. The fourth-order valence-corrected chi connectivity index (χ4v) is 4.67. The molecule has 1 atom stereocenters. The first kappa shape index (κ1) is 22.0. The number of para-hydroxylation sites is 2. The number of anilines is 1. The number of nitrogens with one attached hydrogen (secondary N) is 1. The number of hydrogen-bond acceptors (Lipinski definition) is 5. The van der Waals surface area contributed by atoms with Crippen molar-refractivity contribution in [1.29, 1.82) is 0 Å². The normalized spacial score (nSPS) is 15.1. The second-order valence-corrected chi connectivity index (χ2v) is 8.76. The van der Waals surface area contributed by atoms with E-state index in [0.717, 1.165) is 23.4 Å². The zero-order valence-corrected chi connectivity index (χ0v) is 19.4. The standard InChI is InChI=1S/C25H27N3O3S/c1-4-14-26-23(29)21-15-28(19-8-6-7-9-20(19)31-21)25(30)22-16(3)27-24(32-22)18-12-10-17(5-2)11-13-18/h6-13,21H,4-5,14-15H2,1-3H3,(H,26,29). The average molecular weight is 450 g/mol. The monoisotopic (exact) mass is 449 g/mol. The Labute approximate surface area is 192 Å². The number of fused-ring (bicyclic) bond motifs is 1. The van der Waals surface area contributed by atoms with Gasteiger partial charge in [0.1, 0.15) is 15.6 Å². The fraction of sp³-hybridized carbons (Fsp3) is 0.320. The molecule has 6 nitrogen and oxygen atoms in total. The Morgan fingerprint density at radius 2 is 1.91 bits per heavy atom. The highest BCUT2D eigenvalue weighted by molar-refractivity contribution is 7.17. The highest BCUT2D eigenvalue weighted by Crippen LogP contribution is 2.36. The molecule has 0 aliphatic carbocycles. The smallest absolute Gasteiger partial charge is 0.270 e. The second-order valence-electron chi connectivity index (χ2n) is 7.77. The highest BCUT2D eigenvalue weighted by atomic mass is 32.1. The van der Waals surface area contributed by atoms with Crippen LogP contribution in [0.1, 0.15) is 41.2 Å². The topological polar surface area (TPSA) is 71.5 Å². The van der Waals surface area contributed by atoms with Crippen molar-refractivity contribution in [3.05, 3.63) is 64.7 Å². The molecule has 1 aliphatic heterocycles. The molecule has 0 bridgehead atoms. The highest BCUT2D eigenvalue weighted by Gasteiger charge is 2.35. The van der Waals surface area contributed by atoms with Crippen molar-refractivity contribution in [1.82, 2.24) is 10.3 Å². The molecule has 1 aliphatic rings. The molecule has 3 aromatic rings. The Morgan fingerprint density at radius 3 is 2.62 bits per heavy atom. The average Bonchev–Trinajstić information content (AvgIpc) is 3.22. The van der Waals surface area contributed by atoms with Crippen LogP contribution < -0.4 is 15.0 Å². The summed E-state index contributed by atoms with van der Waals surface area (Å²) in [6.07, 6.45) is 1.05. The van der Waals surface area contributed by atoms with Gasteiger partial charge in [-0.15, -0.1) is 11.3 Å². The number of aryl methyl sites for hydroxylation is 2. The van der Waals surface area contributed by atoms with Crippen LogP contribution in [-0.4, -0.2) is 36.0 Å². The maximum absolute atomic E-state index is 13.6. The van der Waals surface area contributed by atoms with Crippen molar-refractivity contribution in [2.45, 2.75) is 39.7 Å². The van der Waals surface area contributed by atoms with Crippen LogP contribution in [0.4, 0.5) is 5.69 Å². The van der Waals surface area contributed by atoms with Gasteiger partial charge in [0.2, 0.25) is 0 Å². The molecule has 0 fully saturated rings. The number of carbonyl (C=O) groups is 2. The van der Waals surface area contributed by atoms with E-state index in [1.165, 1.54) is 16.9 Å². The Hall–Kier alpha value is -3.19. The number of aromatic nitrogens is 1. The maximum atomic E-state index is 13.6. The zero-order valence-electron chi connectivity index (χ0n) is 18.6. The van der Waals surface area contributed by atoms with Gasteiger partial charge in [-0.2, -0.15) is 0 Å². The lowest BCUT2D eigenvalue weighted by molar-refractivity contribution is -0.127. The largest absolute Gasteiger partial charge is 0.477 e. The van der Waals surface area contributed by atoms with Crippen molar-refractivity contribution in [3.63, 3.8) is 0 Å². The summed E-state index contributed by atoms with van der Waals surface area (Å²) in [4.78, 5) is 33.1. The predicted molar refractivity (Wildman–Crippen MR) is 128 cm³/mol. The summed E-state index contributed by atoms with van der Waals surface area (Å²) in [7, 11) is 0. The van der Waals surface area contributed by atoms with Crippen LogP contribution in [0.15, 0.2) is 48.5 Å². The SMILES string of the molecule is CCCNC(=O)C1CN(C(=O)c2sc(-c3ccc(CC)cc3)nc2C)c2ccccc2O1. The van der Waals surface area contributed by atoms with Gasteiger partial charge in [-0.1, -0.05) is 50.2 Å². The molecule has 0 saturated heterocycles. The van der Waals surface area contributed by atoms with Gasteiger partial charge in [-0.3, -0.25) is 14.5 Å². The van der Waals surface area contributed by atoms with Crippen molar-refractivity contribution in [3.8, 4) is 16.3 Å². The molecule has 0 saturated carbocycles. The molecule has 1 aromatic heterocycles. The molecular formula is C25H27N3O3S. The van der Waals surface area contributed by atoms with Crippen LogP contribution in [0.5, 0.6) is 5.75 Å². The van der Waals surface area contributed by atoms with E-state index in [9.17, 15) is 9.59 Å². The van der Waals surface area contributed by atoms with E-state index in [1.54, 1.807) is 11.0 Å². The second kappa shape index (κ2) is 9.53. The molecule has 2 amide bonds. The van der Waals surface area contributed by atoms with Gasteiger partial charge in [-0.25, -0.2) is 4.98 Å². The molecule has 166 valence electrons.